The van der Waals surface area contributed by atoms with Crippen LogP contribution in [0, 0.1) is 0 Å². The fourth-order valence-corrected chi connectivity index (χ4v) is 5.67. The zero-order valence-corrected chi connectivity index (χ0v) is 12.8. The van der Waals surface area contributed by atoms with Crippen molar-refractivity contribution < 1.29 is 8.42 Å². The van der Waals surface area contributed by atoms with E-state index < -0.39 is 10.0 Å². The minimum absolute atomic E-state index is 0.133. The number of hydrogen-bond acceptors (Lipinski definition) is 4. The summed E-state index contributed by atoms with van der Waals surface area (Å²) in [5.41, 5.74) is 0. The average Bonchev–Trinajstić information content (AvgIpc) is 2.88. The van der Waals surface area contributed by atoms with E-state index in [1.165, 1.54) is 24.2 Å². The Balaban J connectivity index is 1.81. The lowest BCUT2D eigenvalue weighted by molar-refractivity contribution is 0.408. The van der Waals surface area contributed by atoms with Crippen molar-refractivity contribution in [1.82, 2.24) is 9.62 Å². The number of nitrogens with one attached hydrogen (secondary N) is 1. The molecule has 1 saturated carbocycles. The Bertz CT molecular complexity index is 549. The third kappa shape index (κ3) is 2.72. The largest absolute Gasteiger partial charge is 0.309 e. The number of thiophene rings is 1. The number of nitrogens with zero attached hydrogens (tertiary/aromatic N) is 1. The molecule has 1 N–H and O–H groups in total. The van der Waals surface area contributed by atoms with E-state index in [9.17, 15) is 8.42 Å². The van der Waals surface area contributed by atoms with E-state index in [1.807, 2.05) is 12.3 Å². The average molecular weight is 300 g/mol. The van der Waals surface area contributed by atoms with Crippen LogP contribution in [0.1, 0.15) is 37.5 Å². The summed E-state index contributed by atoms with van der Waals surface area (Å²) in [6.45, 7) is 3.34. The van der Waals surface area contributed by atoms with Crippen LogP contribution in [0.4, 0.5) is 0 Å². The van der Waals surface area contributed by atoms with Crippen LogP contribution in [-0.2, 0) is 16.6 Å². The summed E-state index contributed by atoms with van der Waals surface area (Å²) in [5, 5.41) is 5.29. The molecule has 1 aromatic heterocycles. The highest BCUT2D eigenvalue weighted by atomic mass is 32.2. The van der Waals surface area contributed by atoms with E-state index in [0.717, 1.165) is 17.7 Å². The molecule has 2 aliphatic rings. The predicted octanol–water partition coefficient (Wildman–Crippen LogP) is 2.17. The van der Waals surface area contributed by atoms with Crippen molar-refractivity contribution in [2.75, 3.05) is 6.54 Å². The summed E-state index contributed by atoms with van der Waals surface area (Å²) >= 11 is 1.54. The third-order valence-corrected chi connectivity index (χ3v) is 7.06. The molecule has 0 spiro atoms. The molecule has 6 heteroatoms. The quantitative estimate of drug-likeness (QED) is 0.906. The standard InChI is InChI=1S/C13H20N2O2S2/c1-10-3-2-7-15(10)19(16,17)13-6-8-18-12(13)9-14-11-4-5-11/h6,8,10-11,14H,2-5,7,9H2,1H3. The summed E-state index contributed by atoms with van der Waals surface area (Å²) in [4.78, 5) is 1.46. The van der Waals surface area contributed by atoms with Crippen molar-refractivity contribution in [2.24, 2.45) is 0 Å². The van der Waals surface area contributed by atoms with Gasteiger partial charge in [0.05, 0.1) is 4.90 Å². The molecule has 2 fully saturated rings. The van der Waals surface area contributed by atoms with Gasteiger partial charge in [0.25, 0.3) is 0 Å². The molecule has 1 saturated heterocycles. The molecule has 1 aliphatic heterocycles. The molecule has 4 nitrogen and oxygen atoms in total. The zero-order chi connectivity index (χ0) is 13.5. The number of rotatable bonds is 5. The summed E-state index contributed by atoms with van der Waals surface area (Å²) < 4.78 is 27.0. The van der Waals surface area contributed by atoms with E-state index in [4.69, 9.17) is 0 Å². The van der Waals surface area contributed by atoms with Crippen molar-refractivity contribution in [3.8, 4) is 0 Å². The molecule has 0 amide bonds. The molecule has 19 heavy (non-hydrogen) atoms. The molecule has 1 atom stereocenters. The maximum absolute atomic E-state index is 12.7. The Morgan fingerprint density at radius 2 is 2.21 bits per heavy atom. The SMILES string of the molecule is CC1CCCN1S(=O)(=O)c1ccsc1CNC1CC1. The van der Waals surface area contributed by atoms with Gasteiger partial charge in [0.1, 0.15) is 0 Å². The first-order chi connectivity index (χ1) is 9.09. The molecule has 0 radical (unpaired) electrons. The molecule has 0 bridgehead atoms. The van der Waals surface area contributed by atoms with Crippen LogP contribution in [0.15, 0.2) is 16.3 Å². The molecular formula is C13H20N2O2S2. The Labute approximate surface area is 118 Å². The first kappa shape index (κ1) is 13.5. The van der Waals surface area contributed by atoms with Crippen LogP contribution in [-0.4, -0.2) is 31.4 Å². The number of sulfonamides is 1. The minimum atomic E-state index is -3.30. The molecule has 0 aromatic carbocycles. The highest BCUT2D eigenvalue weighted by Crippen LogP contribution is 2.31. The maximum atomic E-state index is 12.7. The second kappa shape index (κ2) is 5.16. The summed E-state index contributed by atoms with van der Waals surface area (Å²) in [7, 11) is -3.30. The van der Waals surface area contributed by atoms with E-state index in [0.29, 0.717) is 24.0 Å². The van der Waals surface area contributed by atoms with Gasteiger partial charge >= 0.3 is 0 Å². The molecule has 2 heterocycles. The highest BCUT2D eigenvalue weighted by Gasteiger charge is 2.34. The van der Waals surface area contributed by atoms with Gasteiger partial charge in [-0.05, 0) is 44.1 Å². The van der Waals surface area contributed by atoms with E-state index in [2.05, 4.69) is 5.32 Å². The van der Waals surface area contributed by atoms with Crippen LogP contribution in [0.2, 0.25) is 0 Å². The van der Waals surface area contributed by atoms with E-state index >= 15 is 0 Å². The first-order valence-electron chi connectivity index (χ1n) is 6.90. The molecular weight excluding hydrogens is 280 g/mol. The van der Waals surface area contributed by atoms with E-state index in [1.54, 1.807) is 10.4 Å². The Kier molecular flexibility index (Phi) is 3.68. The minimum Gasteiger partial charge on any atom is -0.309 e. The second-order valence-corrected chi connectivity index (χ2v) is 8.33. The molecule has 3 rings (SSSR count). The van der Waals surface area contributed by atoms with Crippen LogP contribution in [0.3, 0.4) is 0 Å². The summed E-state index contributed by atoms with van der Waals surface area (Å²) in [6, 6.07) is 2.49. The van der Waals surface area contributed by atoms with Gasteiger partial charge in [-0.25, -0.2) is 8.42 Å². The summed E-state index contributed by atoms with van der Waals surface area (Å²) in [5.74, 6) is 0. The fourth-order valence-electron chi connectivity index (χ4n) is 2.60. The summed E-state index contributed by atoms with van der Waals surface area (Å²) in [6.07, 6.45) is 4.38. The zero-order valence-electron chi connectivity index (χ0n) is 11.1. The second-order valence-electron chi connectivity index (χ2n) is 5.47. The monoisotopic (exact) mass is 300 g/mol. The molecule has 106 valence electrons. The Hall–Kier alpha value is -0.430. The van der Waals surface area contributed by atoms with Crippen molar-refractivity contribution in [2.45, 2.75) is 56.1 Å². The molecule has 1 aromatic rings. The Morgan fingerprint density at radius 1 is 1.42 bits per heavy atom. The van der Waals surface area contributed by atoms with Gasteiger partial charge in [-0.15, -0.1) is 11.3 Å². The van der Waals surface area contributed by atoms with Crippen LogP contribution in [0.5, 0.6) is 0 Å². The normalized spacial score (nSPS) is 25.0. The predicted molar refractivity (Wildman–Crippen MR) is 76.8 cm³/mol. The first-order valence-corrected chi connectivity index (χ1v) is 9.22. The van der Waals surface area contributed by atoms with Gasteiger partial charge in [0.2, 0.25) is 10.0 Å². The lowest BCUT2D eigenvalue weighted by Crippen LogP contribution is -2.34. The third-order valence-electron chi connectivity index (χ3n) is 3.91. The van der Waals surface area contributed by atoms with Gasteiger partial charge in [-0.2, -0.15) is 4.31 Å². The highest BCUT2D eigenvalue weighted by molar-refractivity contribution is 7.89. The van der Waals surface area contributed by atoms with Gasteiger partial charge in [0, 0.05) is 30.1 Å². The van der Waals surface area contributed by atoms with Gasteiger partial charge in [-0.3, -0.25) is 0 Å². The van der Waals surface area contributed by atoms with Crippen LogP contribution in [0.25, 0.3) is 0 Å². The fraction of sp³-hybridized carbons (Fsp3) is 0.692. The molecule has 1 unspecified atom stereocenters. The van der Waals surface area contributed by atoms with E-state index in [-0.39, 0.29) is 6.04 Å². The lowest BCUT2D eigenvalue weighted by Gasteiger charge is -2.21. The maximum Gasteiger partial charge on any atom is 0.244 e. The van der Waals surface area contributed by atoms with Gasteiger partial charge in [-0.1, -0.05) is 0 Å². The van der Waals surface area contributed by atoms with Gasteiger partial charge in [0.15, 0.2) is 0 Å². The van der Waals surface area contributed by atoms with Crippen molar-refractivity contribution in [3.63, 3.8) is 0 Å². The van der Waals surface area contributed by atoms with Gasteiger partial charge < -0.3 is 5.32 Å². The Morgan fingerprint density at radius 3 is 2.84 bits per heavy atom. The van der Waals surface area contributed by atoms with Crippen molar-refractivity contribution in [3.05, 3.63) is 16.3 Å². The van der Waals surface area contributed by atoms with Crippen LogP contribution < -0.4 is 5.32 Å². The van der Waals surface area contributed by atoms with Crippen molar-refractivity contribution in [1.29, 1.82) is 0 Å². The number of hydrogen-bond donors (Lipinski definition) is 1. The smallest absolute Gasteiger partial charge is 0.244 e. The molecule has 1 aliphatic carbocycles. The van der Waals surface area contributed by atoms with Crippen molar-refractivity contribution >= 4 is 21.4 Å². The van der Waals surface area contributed by atoms with Crippen LogP contribution >= 0.6 is 11.3 Å². The lowest BCUT2D eigenvalue weighted by atomic mass is 10.3. The topological polar surface area (TPSA) is 49.4 Å².